The van der Waals surface area contributed by atoms with Gasteiger partial charge >= 0.3 is 258 Å². The third-order valence-corrected chi connectivity index (χ3v) is 17.2. The summed E-state index contributed by atoms with van der Waals surface area (Å²) >= 11 is -0.0306. The Morgan fingerprint density at radius 1 is 0.805 bits per heavy atom. The number of hydrogen-bond donors (Lipinski definition) is 0. The minimum atomic E-state index is -1.66. The second-order valence-corrected chi connectivity index (χ2v) is 23.6. The molecule has 3 aliphatic rings. The molecule has 4 nitrogen and oxygen atoms in total. The molecule has 3 aliphatic carbocycles. The molecule has 3 fully saturated rings. The van der Waals surface area contributed by atoms with E-state index in [-0.39, 0.29) is 43.9 Å². The van der Waals surface area contributed by atoms with Crippen molar-refractivity contribution < 1.29 is 19.1 Å². The van der Waals surface area contributed by atoms with Crippen LogP contribution in [0.4, 0.5) is 0 Å². The van der Waals surface area contributed by atoms with Crippen LogP contribution in [-0.2, 0) is 19.1 Å². The van der Waals surface area contributed by atoms with Crippen molar-refractivity contribution in [3.8, 4) is 0 Å². The molecule has 0 amide bonds. The molecule has 6 heteroatoms. The first-order valence-electron chi connectivity index (χ1n) is 16.4. The number of carbonyl (C=O) groups is 2. The zero-order chi connectivity index (χ0) is 30.1. The molecule has 1 aromatic rings. The number of rotatable bonds is 9. The summed E-state index contributed by atoms with van der Waals surface area (Å²) in [5.74, 6) is 2.07. The first kappa shape index (κ1) is 32.8. The van der Waals surface area contributed by atoms with E-state index in [1.165, 1.54) is 17.3 Å². The Morgan fingerprint density at radius 2 is 1.27 bits per heavy atom. The third-order valence-electron chi connectivity index (χ3n) is 10.7. The molecule has 0 aliphatic heterocycles. The summed E-state index contributed by atoms with van der Waals surface area (Å²) in [5.41, 5.74) is -0.800. The molecular weight excluding hydrogens is 591 g/mol. The molecule has 1 aromatic carbocycles. The number of benzene rings is 1. The molecular formula is C35H56O4SeSi. The average molecular weight is 648 g/mol. The standard InChI is InChI=1S/C35H56O4SeSi/c1-22(2)27-17-15-24(5)19-29(27)38-33(36)35(34(37)39-30-20-25(6)16-18-28(30)23(3)4)21-31(41(7,8)9)32(35)40-26-13-11-10-12-14-26/h10-14,22-25,27-32H,15-21H2,1-9H3/t24-,25-,27+,28+,29-,30-,31+,32-/m1/s1. The summed E-state index contributed by atoms with van der Waals surface area (Å²) < 4.78 is 14.4. The van der Waals surface area contributed by atoms with Crippen molar-refractivity contribution in [1.29, 1.82) is 0 Å². The van der Waals surface area contributed by atoms with Gasteiger partial charge in [0.2, 0.25) is 0 Å². The van der Waals surface area contributed by atoms with Crippen LogP contribution >= 0.6 is 0 Å². The summed E-state index contributed by atoms with van der Waals surface area (Å²) in [6.07, 6.45) is 6.65. The van der Waals surface area contributed by atoms with Gasteiger partial charge in [-0.15, -0.1) is 0 Å². The Hall–Kier alpha value is -1.10. The third kappa shape index (κ3) is 7.18. The van der Waals surface area contributed by atoms with E-state index in [0.29, 0.717) is 47.5 Å². The van der Waals surface area contributed by atoms with Crippen LogP contribution in [0, 0.1) is 40.9 Å². The Kier molecular flexibility index (Phi) is 10.6. The SMILES string of the molecule is CC(C)[C@@H]1CC[C@@H](C)C[C@H]1OC(=O)C1(C(=O)O[C@@H]2C[C@H](C)CC[C@H]2C(C)C)C[C@H]([Si](C)(C)C)[C@H]1[Se]c1ccccc1. The van der Waals surface area contributed by atoms with Crippen LogP contribution in [0.3, 0.4) is 0 Å². The number of carbonyl (C=O) groups excluding carboxylic acids is 2. The molecule has 8 atom stereocenters. The van der Waals surface area contributed by atoms with Crippen molar-refractivity contribution >= 4 is 39.4 Å². The summed E-state index contributed by atoms with van der Waals surface area (Å²) in [6.45, 7) is 20.7. The van der Waals surface area contributed by atoms with Crippen LogP contribution in [0.5, 0.6) is 0 Å². The molecule has 0 bridgehead atoms. The molecule has 3 saturated carbocycles. The fourth-order valence-corrected chi connectivity index (χ4v) is 15.7. The zero-order valence-corrected chi connectivity index (χ0v) is 29.9. The van der Waals surface area contributed by atoms with E-state index in [1.54, 1.807) is 0 Å². The molecule has 0 radical (unpaired) electrons. The molecule has 0 heterocycles. The first-order chi connectivity index (χ1) is 19.2. The molecule has 4 rings (SSSR count). The predicted octanol–water partition coefficient (Wildman–Crippen LogP) is 7.91. The van der Waals surface area contributed by atoms with Gasteiger partial charge in [-0.1, -0.05) is 0 Å². The van der Waals surface area contributed by atoms with Crippen molar-refractivity contribution in [2.45, 2.75) is 129 Å². The topological polar surface area (TPSA) is 52.6 Å². The quantitative estimate of drug-likeness (QED) is 0.155. The van der Waals surface area contributed by atoms with E-state index in [4.69, 9.17) is 9.47 Å². The van der Waals surface area contributed by atoms with E-state index in [2.05, 4.69) is 85.4 Å². The second kappa shape index (κ2) is 13.3. The maximum absolute atomic E-state index is 14.6. The molecule has 0 aromatic heterocycles. The Labute approximate surface area is 257 Å². The van der Waals surface area contributed by atoms with Crippen LogP contribution in [-0.4, -0.2) is 47.2 Å². The zero-order valence-electron chi connectivity index (χ0n) is 27.2. The summed E-state index contributed by atoms with van der Waals surface area (Å²) in [4.78, 5) is 29.2. The van der Waals surface area contributed by atoms with Gasteiger partial charge < -0.3 is 0 Å². The Balaban J connectivity index is 1.70. The molecule has 0 spiro atoms. The monoisotopic (exact) mass is 648 g/mol. The maximum atomic E-state index is 14.6. The van der Waals surface area contributed by atoms with Gasteiger partial charge in [-0.25, -0.2) is 0 Å². The van der Waals surface area contributed by atoms with Crippen molar-refractivity contribution in [1.82, 2.24) is 0 Å². The first-order valence-corrected chi connectivity index (χ1v) is 21.8. The average Bonchev–Trinajstić information content (AvgIpc) is 2.86. The molecule has 0 N–H and O–H groups in total. The van der Waals surface area contributed by atoms with Crippen molar-refractivity contribution in [2.24, 2.45) is 40.9 Å². The van der Waals surface area contributed by atoms with Crippen LogP contribution in [0.25, 0.3) is 0 Å². The molecule has 0 unspecified atom stereocenters. The van der Waals surface area contributed by atoms with Crippen LogP contribution < -0.4 is 4.46 Å². The van der Waals surface area contributed by atoms with E-state index in [1.807, 2.05) is 6.07 Å². The molecule has 41 heavy (non-hydrogen) atoms. The van der Waals surface area contributed by atoms with E-state index in [0.717, 1.165) is 25.7 Å². The van der Waals surface area contributed by atoms with E-state index in [9.17, 15) is 9.59 Å². The molecule has 230 valence electrons. The Bertz CT molecular complexity index is 988. The van der Waals surface area contributed by atoms with Crippen LogP contribution in [0.1, 0.15) is 86.5 Å². The van der Waals surface area contributed by atoms with Gasteiger partial charge in [0, 0.05) is 0 Å². The van der Waals surface area contributed by atoms with E-state index < -0.39 is 13.5 Å². The van der Waals surface area contributed by atoms with Gasteiger partial charge in [0.05, 0.1) is 0 Å². The van der Waals surface area contributed by atoms with Crippen molar-refractivity contribution in [3.63, 3.8) is 0 Å². The summed E-state index contributed by atoms with van der Waals surface area (Å²) in [7, 11) is -1.66. The minimum absolute atomic E-state index is 0.0268. The number of esters is 2. The van der Waals surface area contributed by atoms with Gasteiger partial charge in [-0.3, -0.25) is 0 Å². The predicted molar refractivity (Wildman–Crippen MR) is 172 cm³/mol. The summed E-state index contributed by atoms with van der Waals surface area (Å²) in [5, 5.41) is 0. The van der Waals surface area contributed by atoms with Crippen LogP contribution in [0.2, 0.25) is 30.0 Å². The fraction of sp³-hybridized carbons (Fsp3) is 0.771. The van der Waals surface area contributed by atoms with Gasteiger partial charge in [0.25, 0.3) is 0 Å². The number of hydrogen-bond acceptors (Lipinski definition) is 4. The van der Waals surface area contributed by atoms with E-state index >= 15 is 0 Å². The van der Waals surface area contributed by atoms with Crippen LogP contribution in [0.15, 0.2) is 30.3 Å². The Morgan fingerprint density at radius 3 is 1.68 bits per heavy atom. The van der Waals surface area contributed by atoms with Gasteiger partial charge in [0.1, 0.15) is 0 Å². The normalized spacial score (nSPS) is 33.7. The van der Waals surface area contributed by atoms with Gasteiger partial charge in [-0.05, 0) is 0 Å². The van der Waals surface area contributed by atoms with Crippen molar-refractivity contribution in [3.05, 3.63) is 30.3 Å². The molecule has 0 saturated heterocycles. The van der Waals surface area contributed by atoms with Gasteiger partial charge in [-0.2, -0.15) is 0 Å². The van der Waals surface area contributed by atoms with Gasteiger partial charge in [0.15, 0.2) is 0 Å². The second-order valence-electron chi connectivity index (χ2n) is 15.5. The number of ether oxygens (including phenoxy) is 2. The van der Waals surface area contributed by atoms with Crippen molar-refractivity contribution in [2.75, 3.05) is 0 Å². The summed E-state index contributed by atoms with van der Waals surface area (Å²) in [6, 6.07) is 10.5. The fourth-order valence-electron chi connectivity index (χ4n) is 7.81.